The number of piperazine rings is 1. The molecule has 5 heteroatoms. The van der Waals surface area contributed by atoms with E-state index in [-0.39, 0.29) is 0 Å². The molecule has 1 aliphatic heterocycles. The van der Waals surface area contributed by atoms with Gasteiger partial charge in [0, 0.05) is 44.8 Å². The predicted octanol–water partition coefficient (Wildman–Crippen LogP) is 3.32. The van der Waals surface area contributed by atoms with E-state index in [1.165, 1.54) is 31.7 Å². The molecule has 0 bridgehead atoms. The van der Waals surface area contributed by atoms with E-state index in [1.807, 2.05) is 0 Å². The summed E-state index contributed by atoms with van der Waals surface area (Å²) in [4.78, 5) is 5.06. The summed E-state index contributed by atoms with van der Waals surface area (Å²) in [6.45, 7) is 12.6. The minimum absolute atomic E-state index is 0.363. The fourth-order valence-electron chi connectivity index (χ4n) is 2.91. The Morgan fingerprint density at radius 3 is 2.43 bits per heavy atom. The number of likely N-dealkylation sites (N-methyl/N-ethyl adjacent to an activating group) is 1. The van der Waals surface area contributed by atoms with Crippen molar-refractivity contribution in [1.82, 2.24) is 15.1 Å². The van der Waals surface area contributed by atoms with Crippen molar-refractivity contribution in [3.8, 4) is 0 Å². The summed E-state index contributed by atoms with van der Waals surface area (Å²) in [5, 5.41) is 5.85. The number of hydrogen-bond donors (Lipinski definition) is 1. The summed E-state index contributed by atoms with van der Waals surface area (Å²) < 4.78 is 0.873. The Hall–Kier alpha value is -0.130. The summed E-state index contributed by atoms with van der Waals surface area (Å²) in [5.41, 5.74) is 1.30. The number of halogens is 1. The van der Waals surface area contributed by atoms with Crippen LogP contribution in [0.2, 0.25) is 4.34 Å². The van der Waals surface area contributed by atoms with Crippen LogP contribution < -0.4 is 5.32 Å². The van der Waals surface area contributed by atoms with Crippen molar-refractivity contribution in [2.45, 2.75) is 32.9 Å². The smallest absolute Gasteiger partial charge is 0.0931 e. The zero-order valence-corrected chi connectivity index (χ0v) is 15.2. The van der Waals surface area contributed by atoms with Gasteiger partial charge in [-0.25, -0.2) is 0 Å². The lowest BCUT2D eigenvalue weighted by atomic mass is 10.0. The van der Waals surface area contributed by atoms with Gasteiger partial charge in [0.15, 0.2) is 0 Å². The quantitative estimate of drug-likeness (QED) is 0.863. The molecule has 1 N–H and O–H groups in total. The maximum atomic E-state index is 6.03. The highest BCUT2D eigenvalue weighted by atomic mass is 35.5. The topological polar surface area (TPSA) is 18.5 Å². The number of thiophene rings is 1. The maximum absolute atomic E-state index is 6.03. The van der Waals surface area contributed by atoms with Gasteiger partial charge in [-0.2, -0.15) is 0 Å². The van der Waals surface area contributed by atoms with Gasteiger partial charge in [-0.3, -0.25) is 4.90 Å². The van der Waals surface area contributed by atoms with Gasteiger partial charge in [0.2, 0.25) is 0 Å². The highest BCUT2D eigenvalue weighted by molar-refractivity contribution is 7.14. The van der Waals surface area contributed by atoms with Crippen LogP contribution in [0.25, 0.3) is 0 Å². The molecule has 21 heavy (non-hydrogen) atoms. The third-order valence-electron chi connectivity index (χ3n) is 4.50. The van der Waals surface area contributed by atoms with Crippen LogP contribution in [0.4, 0.5) is 0 Å². The van der Waals surface area contributed by atoms with Gasteiger partial charge in [0.25, 0.3) is 0 Å². The maximum Gasteiger partial charge on any atom is 0.0931 e. The average Bonchev–Trinajstić information content (AvgIpc) is 2.87. The Labute approximate surface area is 138 Å². The van der Waals surface area contributed by atoms with E-state index in [0.717, 1.165) is 10.9 Å². The summed E-state index contributed by atoms with van der Waals surface area (Å²) in [5.74, 6) is 0.666. The molecule has 0 saturated carbocycles. The van der Waals surface area contributed by atoms with E-state index >= 15 is 0 Å². The molecule has 2 rings (SSSR count). The second kappa shape index (κ2) is 7.93. The van der Waals surface area contributed by atoms with Gasteiger partial charge in [-0.1, -0.05) is 25.4 Å². The molecule has 120 valence electrons. The largest absolute Gasteiger partial charge is 0.309 e. The van der Waals surface area contributed by atoms with E-state index in [1.54, 1.807) is 11.3 Å². The van der Waals surface area contributed by atoms with E-state index in [0.29, 0.717) is 18.0 Å². The zero-order valence-electron chi connectivity index (χ0n) is 13.6. The van der Waals surface area contributed by atoms with Gasteiger partial charge < -0.3 is 10.2 Å². The van der Waals surface area contributed by atoms with Crippen LogP contribution in [0.3, 0.4) is 0 Å². The average molecular weight is 330 g/mol. The monoisotopic (exact) mass is 329 g/mol. The molecule has 1 aliphatic rings. The van der Waals surface area contributed by atoms with Gasteiger partial charge >= 0.3 is 0 Å². The van der Waals surface area contributed by atoms with Gasteiger partial charge in [0.05, 0.1) is 4.34 Å². The zero-order chi connectivity index (χ0) is 15.4. The van der Waals surface area contributed by atoms with Crippen LogP contribution in [-0.4, -0.2) is 55.6 Å². The third kappa shape index (κ3) is 4.93. The number of hydrogen-bond acceptors (Lipinski definition) is 4. The minimum atomic E-state index is 0.363. The lowest BCUT2D eigenvalue weighted by Crippen LogP contribution is -2.53. The summed E-state index contributed by atoms with van der Waals surface area (Å²) >= 11 is 7.64. The van der Waals surface area contributed by atoms with Crippen LogP contribution >= 0.6 is 22.9 Å². The lowest BCUT2D eigenvalue weighted by Gasteiger charge is -2.40. The van der Waals surface area contributed by atoms with Crippen LogP contribution in [-0.2, 0) is 0 Å². The number of rotatable bonds is 6. The molecule has 0 aromatic carbocycles. The van der Waals surface area contributed by atoms with Crippen molar-refractivity contribution in [2.24, 2.45) is 5.92 Å². The number of nitrogens with zero attached hydrogens (tertiary/aromatic N) is 2. The van der Waals surface area contributed by atoms with Crippen molar-refractivity contribution >= 4 is 22.9 Å². The Bertz CT molecular complexity index is 427. The van der Waals surface area contributed by atoms with Crippen molar-refractivity contribution in [2.75, 3.05) is 39.8 Å². The van der Waals surface area contributed by atoms with Crippen molar-refractivity contribution in [3.05, 3.63) is 21.3 Å². The molecule has 0 spiro atoms. The van der Waals surface area contributed by atoms with Crippen molar-refractivity contribution in [3.63, 3.8) is 0 Å². The van der Waals surface area contributed by atoms with Crippen LogP contribution in [0.1, 0.15) is 32.4 Å². The molecule has 2 atom stereocenters. The molecule has 3 nitrogen and oxygen atoms in total. The predicted molar refractivity (Wildman–Crippen MR) is 93.4 cm³/mol. The normalized spacial score (nSPS) is 20.9. The van der Waals surface area contributed by atoms with E-state index in [4.69, 9.17) is 11.6 Å². The summed E-state index contributed by atoms with van der Waals surface area (Å²) in [7, 11) is 2.21. The van der Waals surface area contributed by atoms with Crippen LogP contribution in [0, 0.1) is 5.92 Å². The molecular weight excluding hydrogens is 302 g/mol. The first-order valence-electron chi connectivity index (χ1n) is 7.87. The van der Waals surface area contributed by atoms with E-state index < -0.39 is 0 Å². The Balaban J connectivity index is 1.88. The first-order valence-corrected chi connectivity index (χ1v) is 9.13. The molecule has 0 aliphatic carbocycles. The fraction of sp³-hybridized carbons (Fsp3) is 0.750. The molecule has 1 saturated heterocycles. The van der Waals surface area contributed by atoms with Gasteiger partial charge in [0.1, 0.15) is 0 Å². The Kier molecular flexibility index (Phi) is 6.51. The summed E-state index contributed by atoms with van der Waals surface area (Å²) in [6, 6.07) is 3.04. The third-order valence-corrected chi connectivity index (χ3v) is 5.61. The van der Waals surface area contributed by atoms with Crippen molar-refractivity contribution in [1.29, 1.82) is 0 Å². The molecule has 0 amide bonds. The molecule has 1 aromatic heterocycles. The minimum Gasteiger partial charge on any atom is -0.309 e. The van der Waals surface area contributed by atoms with Crippen LogP contribution in [0.5, 0.6) is 0 Å². The highest BCUT2D eigenvalue weighted by Gasteiger charge is 2.25. The molecule has 1 fully saturated rings. The van der Waals surface area contributed by atoms with Crippen molar-refractivity contribution < 1.29 is 0 Å². The summed E-state index contributed by atoms with van der Waals surface area (Å²) in [6.07, 6.45) is 0. The first-order chi connectivity index (χ1) is 9.97. The Morgan fingerprint density at radius 1 is 1.24 bits per heavy atom. The molecule has 2 heterocycles. The van der Waals surface area contributed by atoms with E-state index in [2.05, 4.69) is 54.4 Å². The molecule has 2 unspecified atom stereocenters. The molecule has 1 aromatic rings. The molecule has 0 radical (unpaired) electrons. The standard InChI is InChI=1S/C16H28ClN3S/c1-12(2)15(20-7-5-19(4)6-8-20)10-18-13(3)14-9-16(17)21-11-14/h9,11-13,15,18H,5-8,10H2,1-4H3. The number of nitrogens with one attached hydrogen (secondary N) is 1. The fourth-order valence-corrected chi connectivity index (χ4v) is 3.89. The van der Waals surface area contributed by atoms with Gasteiger partial charge in [-0.15, -0.1) is 11.3 Å². The second-order valence-corrected chi connectivity index (χ2v) is 8.01. The van der Waals surface area contributed by atoms with E-state index in [9.17, 15) is 0 Å². The molecular formula is C16H28ClN3S. The lowest BCUT2D eigenvalue weighted by molar-refractivity contribution is 0.0863. The van der Waals surface area contributed by atoms with Gasteiger partial charge in [-0.05, 0) is 36.9 Å². The van der Waals surface area contributed by atoms with Crippen LogP contribution in [0.15, 0.2) is 11.4 Å². The SMILES string of the molecule is CC(NCC(C(C)C)N1CCN(C)CC1)c1csc(Cl)c1. The first kappa shape index (κ1) is 17.2. The highest BCUT2D eigenvalue weighted by Crippen LogP contribution is 2.25. The second-order valence-electron chi connectivity index (χ2n) is 6.46. The Morgan fingerprint density at radius 2 is 1.90 bits per heavy atom.